The first-order chi connectivity index (χ1) is 6.75. The summed E-state index contributed by atoms with van der Waals surface area (Å²) in [4.78, 5) is 20.9. The molecule has 0 aliphatic heterocycles. The third-order valence-corrected chi connectivity index (χ3v) is 1.59. The number of hydrogen-bond donors (Lipinski definition) is 2. The highest BCUT2D eigenvalue weighted by molar-refractivity contribution is 5.82. The fourth-order valence-electron chi connectivity index (χ4n) is 1.01. The predicted octanol–water partition coefficient (Wildman–Crippen LogP) is -0.252. The maximum Gasteiger partial charge on any atom is 0.375 e. The molecule has 2 aromatic heterocycles. The highest BCUT2D eigenvalue weighted by Crippen LogP contribution is 1.94. The summed E-state index contributed by atoms with van der Waals surface area (Å²) in [6, 6.07) is 0. The number of carboxylic acid groups (broad SMARTS) is 1. The van der Waals surface area contributed by atoms with Crippen LogP contribution in [-0.2, 0) is 6.54 Å². The van der Waals surface area contributed by atoms with Crippen molar-refractivity contribution in [1.29, 1.82) is 0 Å². The normalized spacial score (nSPS) is 10.3. The van der Waals surface area contributed by atoms with Gasteiger partial charge in [0.1, 0.15) is 18.7 Å². The van der Waals surface area contributed by atoms with Crippen LogP contribution in [0.2, 0.25) is 0 Å². The zero-order valence-corrected chi connectivity index (χ0v) is 7.08. The van der Waals surface area contributed by atoms with Crippen LogP contribution in [0.15, 0.2) is 18.7 Å². The topological polar surface area (TPSA) is 96.7 Å². The number of carboxylic acids is 1. The lowest BCUT2D eigenvalue weighted by atomic mass is 10.6. The molecule has 0 radical (unpaired) electrons. The molecular weight excluding hydrogens is 186 g/mol. The number of aromatic amines is 1. The van der Waals surface area contributed by atoms with Crippen molar-refractivity contribution in [1.82, 2.24) is 24.7 Å². The molecule has 0 aliphatic carbocycles. The molecule has 72 valence electrons. The second kappa shape index (κ2) is 3.29. The average Bonchev–Trinajstić information content (AvgIpc) is 2.75. The Morgan fingerprint density at radius 1 is 1.57 bits per heavy atom. The Morgan fingerprint density at radius 3 is 3.00 bits per heavy atom. The Kier molecular flexibility index (Phi) is 1.98. The van der Waals surface area contributed by atoms with Crippen LogP contribution in [0.5, 0.6) is 0 Å². The fourth-order valence-corrected chi connectivity index (χ4v) is 1.01. The Bertz CT molecular complexity index is 433. The Balaban J connectivity index is 2.14. The molecule has 0 spiro atoms. The van der Waals surface area contributed by atoms with E-state index in [-0.39, 0.29) is 5.82 Å². The van der Waals surface area contributed by atoms with E-state index < -0.39 is 5.97 Å². The molecule has 2 aromatic rings. The van der Waals surface area contributed by atoms with E-state index in [2.05, 4.69) is 20.1 Å². The number of nitrogens with zero attached hydrogens (tertiary/aromatic N) is 4. The lowest BCUT2D eigenvalue weighted by Crippen LogP contribution is -2.05. The molecule has 0 unspecified atom stereocenters. The van der Waals surface area contributed by atoms with Gasteiger partial charge in [0.05, 0.1) is 0 Å². The van der Waals surface area contributed by atoms with E-state index in [0.29, 0.717) is 12.4 Å². The lowest BCUT2D eigenvalue weighted by molar-refractivity contribution is 0.0683. The molecule has 0 aromatic carbocycles. The van der Waals surface area contributed by atoms with Crippen molar-refractivity contribution >= 4 is 5.97 Å². The molecule has 7 heteroatoms. The highest BCUT2D eigenvalue weighted by atomic mass is 16.4. The van der Waals surface area contributed by atoms with Crippen molar-refractivity contribution in [3.05, 3.63) is 30.4 Å². The largest absolute Gasteiger partial charge is 0.475 e. The number of aromatic carboxylic acids is 1. The monoisotopic (exact) mass is 193 g/mol. The average molecular weight is 193 g/mol. The number of hydrogen-bond acceptors (Lipinski definition) is 4. The van der Waals surface area contributed by atoms with E-state index in [1.165, 1.54) is 11.0 Å². The van der Waals surface area contributed by atoms with E-state index in [4.69, 9.17) is 5.11 Å². The molecule has 0 saturated carbocycles. The van der Waals surface area contributed by atoms with Crippen molar-refractivity contribution in [3.8, 4) is 0 Å². The van der Waals surface area contributed by atoms with Crippen molar-refractivity contribution in [3.63, 3.8) is 0 Å². The second-order valence-corrected chi connectivity index (χ2v) is 2.61. The summed E-state index contributed by atoms with van der Waals surface area (Å²) in [7, 11) is 0. The fraction of sp³-hybridized carbons (Fsp3) is 0.143. The molecule has 2 rings (SSSR count). The van der Waals surface area contributed by atoms with Gasteiger partial charge in [0.25, 0.3) is 5.82 Å². The van der Waals surface area contributed by atoms with Crippen molar-refractivity contribution in [2.45, 2.75) is 6.54 Å². The standard InChI is InChI=1S/C7H7N5O2/c13-7(14)6-10-4-12(11-6)3-5-8-1-2-9-5/h1-2,4H,3H2,(H,8,9)(H,13,14). The first kappa shape index (κ1) is 8.42. The van der Waals surface area contributed by atoms with Gasteiger partial charge in [-0.15, -0.1) is 5.10 Å². The molecule has 0 saturated heterocycles. The minimum atomic E-state index is -1.14. The lowest BCUT2D eigenvalue weighted by Gasteiger charge is -1.94. The molecule has 7 nitrogen and oxygen atoms in total. The number of nitrogens with one attached hydrogen (secondary N) is 1. The van der Waals surface area contributed by atoms with Gasteiger partial charge >= 0.3 is 5.97 Å². The molecule has 0 bridgehead atoms. The Labute approximate surface area is 78.4 Å². The van der Waals surface area contributed by atoms with Crippen molar-refractivity contribution < 1.29 is 9.90 Å². The third-order valence-electron chi connectivity index (χ3n) is 1.59. The molecule has 2 heterocycles. The third kappa shape index (κ3) is 1.60. The van der Waals surface area contributed by atoms with Gasteiger partial charge in [0, 0.05) is 12.4 Å². The number of imidazole rings is 1. The van der Waals surface area contributed by atoms with Gasteiger partial charge in [-0.25, -0.2) is 19.4 Å². The SMILES string of the molecule is O=C(O)c1ncn(Cc2ncc[nH]2)n1. The molecule has 14 heavy (non-hydrogen) atoms. The first-order valence-electron chi connectivity index (χ1n) is 3.86. The first-order valence-corrected chi connectivity index (χ1v) is 3.86. The van der Waals surface area contributed by atoms with Crippen LogP contribution >= 0.6 is 0 Å². The van der Waals surface area contributed by atoms with Crippen molar-refractivity contribution in [2.24, 2.45) is 0 Å². The molecular formula is C7H7N5O2. The van der Waals surface area contributed by atoms with E-state index in [1.54, 1.807) is 12.4 Å². The van der Waals surface area contributed by atoms with Gasteiger partial charge in [0.15, 0.2) is 0 Å². The van der Waals surface area contributed by atoms with Crippen molar-refractivity contribution in [2.75, 3.05) is 0 Å². The van der Waals surface area contributed by atoms with E-state index in [0.717, 1.165) is 0 Å². The summed E-state index contributed by atoms with van der Waals surface area (Å²) >= 11 is 0. The summed E-state index contributed by atoms with van der Waals surface area (Å²) in [5.41, 5.74) is 0. The summed E-state index contributed by atoms with van der Waals surface area (Å²) in [5, 5.41) is 12.3. The minimum Gasteiger partial charge on any atom is -0.475 e. The predicted molar refractivity (Wildman–Crippen MR) is 44.7 cm³/mol. The quantitative estimate of drug-likeness (QED) is 0.700. The van der Waals surface area contributed by atoms with Crippen LogP contribution in [0.25, 0.3) is 0 Å². The molecule has 0 fully saturated rings. The van der Waals surface area contributed by atoms with E-state index in [1.807, 2.05) is 0 Å². The zero-order chi connectivity index (χ0) is 9.97. The van der Waals surface area contributed by atoms with Crippen LogP contribution in [-0.4, -0.2) is 35.8 Å². The van der Waals surface area contributed by atoms with Gasteiger partial charge in [0.2, 0.25) is 0 Å². The Hall–Kier alpha value is -2.18. The minimum absolute atomic E-state index is 0.212. The Morgan fingerprint density at radius 2 is 2.43 bits per heavy atom. The summed E-state index contributed by atoms with van der Waals surface area (Å²) in [5.74, 6) is -0.647. The zero-order valence-electron chi connectivity index (χ0n) is 7.08. The summed E-state index contributed by atoms with van der Waals surface area (Å²) in [6.07, 6.45) is 4.65. The van der Waals surface area contributed by atoms with Crippen LogP contribution in [0, 0.1) is 0 Å². The number of rotatable bonds is 3. The molecule has 0 aliphatic rings. The summed E-state index contributed by atoms with van der Waals surface area (Å²) in [6.45, 7) is 0.382. The van der Waals surface area contributed by atoms with Gasteiger partial charge in [-0.3, -0.25) is 0 Å². The number of H-pyrrole nitrogens is 1. The van der Waals surface area contributed by atoms with Crippen LogP contribution in [0.3, 0.4) is 0 Å². The highest BCUT2D eigenvalue weighted by Gasteiger charge is 2.08. The van der Waals surface area contributed by atoms with Crippen LogP contribution in [0.1, 0.15) is 16.4 Å². The van der Waals surface area contributed by atoms with Gasteiger partial charge in [-0.1, -0.05) is 0 Å². The van der Waals surface area contributed by atoms with Crippen LogP contribution < -0.4 is 0 Å². The van der Waals surface area contributed by atoms with E-state index in [9.17, 15) is 4.79 Å². The van der Waals surface area contributed by atoms with Gasteiger partial charge in [-0.2, -0.15) is 0 Å². The summed E-state index contributed by atoms with van der Waals surface area (Å²) < 4.78 is 1.41. The molecule has 2 N–H and O–H groups in total. The molecule has 0 atom stereocenters. The maximum absolute atomic E-state index is 10.5. The van der Waals surface area contributed by atoms with Gasteiger partial charge < -0.3 is 10.1 Å². The number of aromatic nitrogens is 5. The van der Waals surface area contributed by atoms with Crippen LogP contribution in [0.4, 0.5) is 0 Å². The maximum atomic E-state index is 10.5. The smallest absolute Gasteiger partial charge is 0.375 e. The van der Waals surface area contributed by atoms with Gasteiger partial charge in [-0.05, 0) is 0 Å². The second-order valence-electron chi connectivity index (χ2n) is 2.61. The molecule has 0 amide bonds. The van der Waals surface area contributed by atoms with E-state index >= 15 is 0 Å². The number of carbonyl (C=O) groups is 1.